The molecule has 2 aromatic rings. The molecule has 0 aliphatic carbocycles. The second-order valence-corrected chi connectivity index (χ2v) is 3.69. The quantitative estimate of drug-likeness (QED) is 0.673. The normalized spacial score (nSPS) is 11.4. The van der Waals surface area contributed by atoms with Gasteiger partial charge in [-0.05, 0) is 24.3 Å². The van der Waals surface area contributed by atoms with Crippen LogP contribution in [0.15, 0.2) is 36.7 Å². The highest BCUT2D eigenvalue weighted by Crippen LogP contribution is 2.32. The fraction of sp³-hybridized carbons (Fsp3) is 0.0833. The van der Waals surface area contributed by atoms with Gasteiger partial charge in [-0.3, -0.25) is 4.98 Å². The number of nitrogens with two attached hydrogens (primary N) is 1. The van der Waals surface area contributed by atoms with Crippen molar-refractivity contribution in [2.75, 3.05) is 5.73 Å². The maximum atomic E-state index is 13.0. The van der Waals surface area contributed by atoms with E-state index in [-0.39, 0.29) is 16.8 Å². The average Bonchev–Trinajstić information content (AvgIpc) is 2.30. The van der Waals surface area contributed by atoms with Gasteiger partial charge in [-0.2, -0.15) is 0 Å². The number of nitrogen functional groups attached to an aromatic ring is 1. The van der Waals surface area contributed by atoms with E-state index >= 15 is 0 Å². The smallest absolute Gasteiger partial charge is 0.406 e. The van der Waals surface area contributed by atoms with E-state index in [0.717, 1.165) is 24.4 Å². The van der Waals surface area contributed by atoms with Gasteiger partial charge in [0.2, 0.25) is 0 Å². The third-order valence-corrected chi connectivity index (χ3v) is 2.27. The number of pyridine rings is 1. The van der Waals surface area contributed by atoms with Crippen LogP contribution in [0.25, 0.3) is 11.1 Å². The maximum absolute atomic E-state index is 13.0. The first-order chi connectivity index (χ1) is 8.85. The predicted octanol–water partition coefficient (Wildman–Crippen LogP) is 3.37. The largest absolute Gasteiger partial charge is 0.573 e. The summed E-state index contributed by atoms with van der Waals surface area (Å²) in [5.41, 5.74) is 6.33. The van der Waals surface area contributed by atoms with Crippen LogP contribution < -0.4 is 10.5 Å². The Morgan fingerprint density at radius 3 is 2.47 bits per heavy atom. The Kier molecular flexibility index (Phi) is 3.28. The van der Waals surface area contributed by atoms with Crippen molar-refractivity contribution in [3.8, 4) is 16.9 Å². The topological polar surface area (TPSA) is 48.1 Å². The van der Waals surface area contributed by atoms with Crippen LogP contribution in [0.4, 0.5) is 23.2 Å². The van der Waals surface area contributed by atoms with Crippen LogP contribution in [0.2, 0.25) is 0 Å². The molecule has 0 bridgehead atoms. The Morgan fingerprint density at radius 2 is 1.84 bits per heavy atom. The molecule has 19 heavy (non-hydrogen) atoms. The zero-order valence-electron chi connectivity index (χ0n) is 9.41. The third-order valence-electron chi connectivity index (χ3n) is 2.27. The number of nitrogens with zero attached hydrogens (tertiary/aromatic N) is 1. The van der Waals surface area contributed by atoms with E-state index in [4.69, 9.17) is 5.73 Å². The summed E-state index contributed by atoms with van der Waals surface area (Å²) < 4.78 is 53.2. The number of hydrogen-bond acceptors (Lipinski definition) is 3. The molecular formula is C12H8F4N2O. The van der Waals surface area contributed by atoms with Gasteiger partial charge in [0.15, 0.2) is 0 Å². The predicted molar refractivity (Wildman–Crippen MR) is 60.7 cm³/mol. The van der Waals surface area contributed by atoms with Crippen molar-refractivity contribution in [1.29, 1.82) is 0 Å². The molecule has 0 saturated heterocycles. The Hall–Kier alpha value is -2.31. The number of benzene rings is 1. The molecule has 0 amide bonds. The zero-order valence-corrected chi connectivity index (χ0v) is 9.41. The fourth-order valence-electron chi connectivity index (χ4n) is 1.54. The molecule has 2 rings (SSSR count). The van der Waals surface area contributed by atoms with Gasteiger partial charge in [0.05, 0.1) is 6.20 Å². The molecule has 0 aliphatic rings. The lowest BCUT2D eigenvalue weighted by Gasteiger charge is -2.11. The molecular weight excluding hydrogens is 264 g/mol. The van der Waals surface area contributed by atoms with Crippen molar-refractivity contribution >= 4 is 5.69 Å². The molecule has 1 aromatic carbocycles. The van der Waals surface area contributed by atoms with E-state index in [1.807, 2.05) is 0 Å². The van der Waals surface area contributed by atoms with Gasteiger partial charge < -0.3 is 10.5 Å². The summed E-state index contributed by atoms with van der Waals surface area (Å²) in [7, 11) is 0. The number of hydrogen-bond donors (Lipinski definition) is 1. The number of aromatic nitrogens is 1. The molecule has 0 unspecified atom stereocenters. The van der Waals surface area contributed by atoms with Crippen LogP contribution >= 0.6 is 0 Å². The molecule has 100 valence electrons. The van der Waals surface area contributed by atoms with E-state index < -0.39 is 17.9 Å². The van der Waals surface area contributed by atoms with E-state index in [9.17, 15) is 17.6 Å². The lowest BCUT2D eigenvalue weighted by Crippen LogP contribution is -2.17. The number of alkyl halides is 3. The van der Waals surface area contributed by atoms with Gasteiger partial charge in [0.25, 0.3) is 0 Å². The van der Waals surface area contributed by atoms with Crippen molar-refractivity contribution in [1.82, 2.24) is 4.98 Å². The molecule has 1 aromatic heterocycles. The Morgan fingerprint density at radius 1 is 1.11 bits per heavy atom. The first-order valence-electron chi connectivity index (χ1n) is 5.11. The van der Waals surface area contributed by atoms with Gasteiger partial charge in [-0.25, -0.2) is 4.39 Å². The van der Waals surface area contributed by atoms with Crippen molar-refractivity contribution in [2.24, 2.45) is 0 Å². The van der Waals surface area contributed by atoms with Crippen LogP contribution in [0.1, 0.15) is 0 Å². The summed E-state index contributed by atoms with van der Waals surface area (Å²) in [5.74, 6) is -1.04. The summed E-state index contributed by atoms with van der Waals surface area (Å²) in [6.45, 7) is 0. The highest BCUT2D eigenvalue weighted by atomic mass is 19.4. The zero-order chi connectivity index (χ0) is 14.0. The number of halogens is 4. The Labute approximate surface area is 105 Å². The maximum Gasteiger partial charge on any atom is 0.573 e. The highest BCUT2D eigenvalue weighted by molar-refractivity contribution is 5.77. The molecule has 0 spiro atoms. The lowest BCUT2D eigenvalue weighted by atomic mass is 10.1. The first kappa shape index (κ1) is 13.1. The summed E-state index contributed by atoms with van der Waals surface area (Å²) in [4.78, 5) is 3.61. The number of rotatable bonds is 2. The van der Waals surface area contributed by atoms with E-state index in [1.165, 1.54) is 12.3 Å². The minimum absolute atomic E-state index is 0.196. The van der Waals surface area contributed by atoms with Gasteiger partial charge in [0, 0.05) is 23.0 Å². The van der Waals surface area contributed by atoms with Crippen LogP contribution in [-0.2, 0) is 0 Å². The average molecular weight is 272 g/mol. The molecule has 1 heterocycles. The van der Waals surface area contributed by atoms with Gasteiger partial charge in [-0.1, -0.05) is 0 Å². The van der Waals surface area contributed by atoms with Crippen LogP contribution in [0.5, 0.6) is 5.75 Å². The summed E-state index contributed by atoms with van der Waals surface area (Å²) in [6.07, 6.45) is -2.52. The van der Waals surface area contributed by atoms with E-state index in [2.05, 4.69) is 9.72 Å². The number of ether oxygens (including phenoxy) is 1. The van der Waals surface area contributed by atoms with Crippen molar-refractivity contribution in [3.05, 3.63) is 42.5 Å². The molecule has 0 atom stereocenters. The second-order valence-electron chi connectivity index (χ2n) is 3.69. The summed E-state index contributed by atoms with van der Waals surface area (Å²) in [5, 5.41) is 0. The van der Waals surface area contributed by atoms with Crippen molar-refractivity contribution in [3.63, 3.8) is 0 Å². The van der Waals surface area contributed by atoms with E-state index in [1.54, 1.807) is 0 Å². The molecule has 0 saturated carbocycles. The lowest BCUT2D eigenvalue weighted by molar-refractivity contribution is -0.274. The van der Waals surface area contributed by atoms with Crippen molar-refractivity contribution in [2.45, 2.75) is 6.36 Å². The van der Waals surface area contributed by atoms with Crippen LogP contribution in [0.3, 0.4) is 0 Å². The van der Waals surface area contributed by atoms with Gasteiger partial charge in [-0.15, -0.1) is 13.2 Å². The Balaban J connectivity index is 2.43. The van der Waals surface area contributed by atoms with Gasteiger partial charge >= 0.3 is 6.36 Å². The molecule has 7 heteroatoms. The monoisotopic (exact) mass is 272 g/mol. The molecule has 3 nitrogen and oxygen atoms in total. The number of anilines is 1. The second kappa shape index (κ2) is 4.75. The summed E-state index contributed by atoms with van der Waals surface area (Å²) in [6, 6.07) is 4.54. The van der Waals surface area contributed by atoms with Crippen molar-refractivity contribution < 1.29 is 22.3 Å². The standard InChI is InChI=1S/C12H8F4N2O/c13-8-3-7(5-18-6-8)10-4-9(1-2-11(10)17)19-12(14,15)16/h1-6H,17H2. The SMILES string of the molecule is Nc1ccc(OC(F)(F)F)cc1-c1cncc(F)c1. The molecule has 0 aliphatic heterocycles. The highest BCUT2D eigenvalue weighted by Gasteiger charge is 2.31. The Bertz CT molecular complexity index is 599. The molecule has 0 radical (unpaired) electrons. The summed E-state index contributed by atoms with van der Waals surface area (Å²) >= 11 is 0. The first-order valence-corrected chi connectivity index (χ1v) is 5.11. The van der Waals surface area contributed by atoms with E-state index in [0.29, 0.717) is 0 Å². The third kappa shape index (κ3) is 3.34. The van der Waals surface area contributed by atoms with Crippen LogP contribution in [-0.4, -0.2) is 11.3 Å². The van der Waals surface area contributed by atoms with Crippen LogP contribution in [0, 0.1) is 5.82 Å². The van der Waals surface area contributed by atoms with Gasteiger partial charge in [0.1, 0.15) is 11.6 Å². The fourth-order valence-corrected chi connectivity index (χ4v) is 1.54. The minimum atomic E-state index is -4.80. The minimum Gasteiger partial charge on any atom is -0.406 e. The molecule has 2 N–H and O–H groups in total. The molecule has 0 fully saturated rings.